The molecule has 1 aromatic heterocycles. The first kappa shape index (κ1) is 22.4. The number of carboxylic acids is 1. The fourth-order valence-corrected chi connectivity index (χ4v) is 5.25. The Balaban J connectivity index is 1.55. The van der Waals surface area contributed by atoms with Crippen LogP contribution in [-0.2, 0) is 4.74 Å². The van der Waals surface area contributed by atoms with Crippen molar-refractivity contribution in [1.82, 2.24) is 9.88 Å². The zero-order chi connectivity index (χ0) is 24.1. The van der Waals surface area contributed by atoms with Crippen LogP contribution >= 0.6 is 0 Å². The van der Waals surface area contributed by atoms with Gasteiger partial charge >= 0.3 is 12.1 Å². The Morgan fingerprint density at radius 2 is 2.03 bits per heavy atom. The van der Waals surface area contributed by atoms with E-state index in [0.717, 1.165) is 18.9 Å². The fourth-order valence-electron chi connectivity index (χ4n) is 5.25. The average Bonchev–Trinajstić information content (AvgIpc) is 3.53. The Morgan fingerprint density at radius 3 is 2.71 bits per heavy atom. The number of pyridine rings is 1. The number of hydrogen-bond acceptors (Lipinski definition) is 5. The molecule has 2 aromatic rings. The molecule has 2 heterocycles. The summed E-state index contributed by atoms with van der Waals surface area (Å²) in [5.74, 6) is -3.29. The van der Waals surface area contributed by atoms with Gasteiger partial charge in [-0.25, -0.2) is 18.4 Å². The molecule has 1 aliphatic heterocycles. The van der Waals surface area contributed by atoms with Gasteiger partial charge in [-0.15, -0.1) is 0 Å². The Kier molecular flexibility index (Phi) is 5.53. The Morgan fingerprint density at radius 1 is 1.26 bits per heavy atom. The lowest BCUT2D eigenvalue weighted by Crippen LogP contribution is -2.44. The van der Waals surface area contributed by atoms with Gasteiger partial charge in [0.2, 0.25) is 5.43 Å². The van der Waals surface area contributed by atoms with E-state index in [2.05, 4.69) is 5.32 Å². The summed E-state index contributed by atoms with van der Waals surface area (Å²) in [6, 6.07) is 0.595. The molecule has 8 nitrogen and oxygen atoms in total. The predicted molar refractivity (Wildman–Crippen MR) is 120 cm³/mol. The van der Waals surface area contributed by atoms with Crippen LogP contribution in [0.25, 0.3) is 10.9 Å². The van der Waals surface area contributed by atoms with E-state index in [1.807, 2.05) is 12.2 Å². The molecule has 1 saturated heterocycles. The third-order valence-corrected chi connectivity index (χ3v) is 6.95. The normalized spacial score (nSPS) is 23.7. The molecule has 0 spiro atoms. The number of fused-ring (bicyclic) bond motifs is 2. The molecule has 3 atom stereocenters. The molecule has 10 heteroatoms. The number of alkyl carbamates (subject to hydrolysis) is 1. The first-order valence-electron chi connectivity index (χ1n) is 11.4. The van der Waals surface area contributed by atoms with Crippen LogP contribution in [0.1, 0.15) is 42.6 Å². The van der Waals surface area contributed by atoms with Gasteiger partial charge in [-0.05, 0) is 32.3 Å². The molecule has 1 saturated carbocycles. The highest BCUT2D eigenvalue weighted by atomic mass is 19.1. The summed E-state index contributed by atoms with van der Waals surface area (Å²) in [7, 11) is 0. The van der Waals surface area contributed by atoms with E-state index >= 15 is 8.78 Å². The van der Waals surface area contributed by atoms with Crippen molar-refractivity contribution >= 4 is 28.7 Å². The maximum Gasteiger partial charge on any atom is 0.407 e. The minimum Gasteiger partial charge on any atom is -0.477 e. The van der Waals surface area contributed by atoms with E-state index in [0.29, 0.717) is 19.5 Å². The van der Waals surface area contributed by atoms with Crippen LogP contribution in [0, 0.1) is 23.5 Å². The molecule has 0 radical (unpaired) electrons. The molecular formula is C24H25F2N3O5. The van der Waals surface area contributed by atoms with Crippen molar-refractivity contribution in [3.63, 3.8) is 0 Å². The lowest BCUT2D eigenvalue weighted by Gasteiger charge is -2.29. The number of ether oxygens (including phenoxy) is 1. The summed E-state index contributed by atoms with van der Waals surface area (Å²) in [5.41, 5.74) is -1.71. The summed E-state index contributed by atoms with van der Waals surface area (Å²) >= 11 is 0. The van der Waals surface area contributed by atoms with E-state index in [1.165, 1.54) is 10.8 Å². The molecule has 5 rings (SSSR count). The number of carboxylic acid groups (broad SMARTS) is 1. The molecule has 2 aliphatic carbocycles. The number of benzene rings is 1. The van der Waals surface area contributed by atoms with Crippen LogP contribution in [0.5, 0.6) is 0 Å². The Hall–Kier alpha value is -3.43. The first-order chi connectivity index (χ1) is 16.3. The Labute approximate surface area is 193 Å². The van der Waals surface area contributed by atoms with Crippen molar-refractivity contribution in [1.29, 1.82) is 0 Å². The summed E-state index contributed by atoms with van der Waals surface area (Å²) in [6.07, 6.45) is 6.64. The lowest BCUT2D eigenvalue weighted by atomic mass is 9.83. The molecule has 2 N–H and O–H groups in total. The van der Waals surface area contributed by atoms with Gasteiger partial charge < -0.3 is 24.6 Å². The molecule has 1 amide bonds. The maximum absolute atomic E-state index is 15.9. The van der Waals surface area contributed by atoms with Crippen molar-refractivity contribution in [2.45, 2.75) is 38.3 Å². The SMILES string of the molecule is CCOC(=O)NC1CC=CC2CN(c3c(F)cc4c(=O)c(C(=O)O)cn(C5CC5)c4c3F)CC21. The number of rotatable bonds is 5. The van der Waals surface area contributed by atoms with Gasteiger partial charge in [0.15, 0.2) is 5.82 Å². The summed E-state index contributed by atoms with van der Waals surface area (Å²) in [5, 5.41) is 12.0. The number of anilines is 1. The molecule has 3 aliphatic rings. The van der Waals surface area contributed by atoms with Crippen molar-refractivity contribution in [3.8, 4) is 0 Å². The zero-order valence-electron chi connectivity index (χ0n) is 18.6. The highest BCUT2D eigenvalue weighted by Crippen LogP contribution is 2.42. The molecular weight excluding hydrogens is 448 g/mol. The Bertz CT molecular complexity index is 1270. The van der Waals surface area contributed by atoms with Crippen molar-refractivity contribution < 1.29 is 28.2 Å². The van der Waals surface area contributed by atoms with E-state index in [-0.39, 0.29) is 47.1 Å². The lowest BCUT2D eigenvalue weighted by molar-refractivity contribution is 0.0694. The molecule has 0 bridgehead atoms. The highest BCUT2D eigenvalue weighted by Gasteiger charge is 2.41. The molecule has 1 aromatic carbocycles. The number of aromatic carboxylic acids is 1. The van der Waals surface area contributed by atoms with Gasteiger partial charge in [-0.2, -0.15) is 0 Å². The van der Waals surface area contributed by atoms with Crippen LogP contribution in [0.2, 0.25) is 0 Å². The predicted octanol–water partition coefficient (Wildman–Crippen LogP) is 3.44. The fraction of sp³-hybridized carbons (Fsp3) is 0.458. The minimum absolute atomic E-state index is 0.0183. The van der Waals surface area contributed by atoms with E-state index in [9.17, 15) is 19.5 Å². The van der Waals surface area contributed by atoms with Gasteiger partial charge in [0.05, 0.1) is 17.5 Å². The number of aromatic nitrogens is 1. The van der Waals surface area contributed by atoms with Crippen LogP contribution < -0.4 is 15.6 Å². The van der Waals surface area contributed by atoms with Gasteiger partial charge in [0, 0.05) is 43.2 Å². The smallest absolute Gasteiger partial charge is 0.407 e. The summed E-state index contributed by atoms with van der Waals surface area (Å²) in [4.78, 5) is 37.8. The zero-order valence-corrected chi connectivity index (χ0v) is 18.6. The number of hydrogen-bond donors (Lipinski definition) is 2. The number of halogens is 2. The molecule has 2 fully saturated rings. The maximum atomic E-state index is 15.9. The number of carbonyl (C=O) groups is 2. The van der Waals surface area contributed by atoms with Gasteiger partial charge in [-0.3, -0.25) is 4.79 Å². The van der Waals surface area contributed by atoms with Crippen LogP contribution in [0.15, 0.2) is 29.2 Å². The van der Waals surface area contributed by atoms with Crippen LogP contribution in [0.4, 0.5) is 19.3 Å². The van der Waals surface area contributed by atoms with E-state index in [1.54, 1.807) is 11.8 Å². The topological polar surface area (TPSA) is 101 Å². The van der Waals surface area contributed by atoms with Crippen molar-refractivity contribution in [3.05, 3.63) is 51.8 Å². The summed E-state index contributed by atoms with van der Waals surface area (Å²) < 4.78 is 37.7. The average molecular weight is 473 g/mol. The van der Waals surface area contributed by atoms with Gasteiger partial charge in [0.1, 0.15) is 17.1 Å². The number of nitrogens with one attached hydrogen (secondary N) is 1. The molecule has 34 heavy (non-hydrogen) atoms. The minimum atomic E-state index is -1.43. The third kappa shape index (κ3) is 3.70. The number of amides is 1. The molecule has 3 unspecified atom stereocenters. The standard InChI is InChI=1S/C24H25F2N3O5/c1-2-34-24(33)27-18-5-3-4-12-9-28(10-15(12)18)21-17(25)8-14-20(19(21)26)29(13-6-7-13)11-16(22(14)30)23(31)32/h3-4,8,11-13,15,18H,2,5-7,9-10H2,1H3,(H,27,33)(H,31,32). The van der Waals surface area contributed by atoms with E-state index < -0.39 is 34.7 Å². The third-order valence-electron chi connectivity index (χ3n) is 6.95. The van der Waals surface area contributed by atoms with Gasteiger partial charge in [-0.1, -0.05) is 12.2 Å². The second kappa shape index (κ2) is 8.41. The van der Waals surface area contributed by atoms with Crippen LogP contribution in [-0.4, -0.2) is 47.5 Å². The highest BCUT2D eigenvalue weighted by molar-refractivity contribution is 5.94. The quantitative estimate of drug-likeness (QED) is 0.646. The van der Waals surface area contributed by atoms with Gasteiger partial charge in [0.25, 0.3) is 0 Å². The molecule has 180 valence electrons. The summed E-state index contributed by atoms with van der Waals surface area (Å²) in [6.45, 7) is 2.62. The van der Waals surface area contributed by atoms with E-state index in [4.69, 9.17) is 4.74 Å². The number of carbonyl (C=O) groups excluding carboxylic acids is 1. The monoisotopic (exact) mass is 473 g/mol. The first-order valence-corrected chi connectivity index (χ1v) is 11.4. The second-order valence-corrected chi connectivity index (χ2v) is 9.10. The van der Waals surface area contributed by atoms with Crippen molar-refractivity contribution in [2.24, 2.45) is 11.8 Å². The van der Waals surface area contributed by atoms with Crippen LogP contribution in [0.3, 0.4) is 0 Å². The number of nitrogens with zero attached hydrogens (tertiary/aromatic N) is 2. The second-order valence-electron chi connectivity index (χ2n) is 9.10. The largest absolute Gasteiger partial charge is 0.477 e. The van der Waals surface area contributed by atoms with Crippen molar-refractivity contribution in [2.75, 3.05) is 24.6 Å².